The van der Waals surface area contributed by atoms with Gasteiger partial charge in [0.05, 0.1) is 43.3 Å². The Morgan fingerprint density at radius 1 is 1.19 bits per heavy atom. The highest BCUT2D eigenvalue weighted by Crippen LogP contribution is 2.21. The number of morpholine rings is 1. The molecule has 0 saturated carbocycles. The van der Waals surface area contributed by atoms with E-state index >= 15 is 0 Å². The van der Waals surface area contributed by atoms with Crippen molar-refractivity contribution < 1.29 is 13.9 Å². The zero-order valence-electron chi connectivity index (χ0n) is 17.6. The summed E-state index contributed by atoms with van der Waals surface area (Å²) in [4.78, 5) is 19.7. The molecule has 1 amide bonds. The summed E-state index contributed by atoms with van der Waals surface area (Å²) in [5.74, 6) is 0.540. The molecule has 1 fully saturated rings. The van der Waals surface area contributed by atoms with Crippen LogP contribution in [0.25, 0.3) is 11.3 Å². The molecule has 0 aliphatic carbocycles. The van der Waals surface area contributed by atoms with Crippen LogP contribution < -0.4 is 5.32 Å². The number of carbonyl (C=O) groups is 1. The fourth-order valence-electron chi connectivity index (χ4n) is 3.87. The maximum atomic E-state index is 12.9. The molecule has 0 aromatic carbocycles. The van der Waals surface area contributed by atoms with Crippen LogP contribution in [0.3, 0.4) is 0 Å². The predicted octanol–water partition coefficient (Wildman–Crippen LogP) is 1.22. The molecular weight excluding hydrogens is 410 g/mol. The van der Waals surface area contributed by atoms with E-state index in [1.165, 1.54) is 0 Å². The number of ether oxygens (including phenoxy) is 1. The summed E-state index contributed by atoms with van der Waals surface area (Å²) < 4.78 is 11.2. The number of hydrogen-bond donors (Lipinski definition) is 2. The van der Waals surface area contributed by atoms with Crippen molar-refractivity contribution in [3.63, 3.8) is 0 Å². The van der Waals surface area contributed by atoms with E-state index in [0.717, 1.165) is 56.4 Å². The van der Waals surface area contributed by atoms with Crippen molar-refractivity contribution in [3.05, 3.63) is 60.4 Å². The normalized spacial score (nSPS) is 19.2. The van der Waals surface area contributed by atoms with Gasteiger partial charge >= 0.3 is 0 Å². The third kappa shape index (κ3) is 4.56. The van der Waals surface area contributed by atoms with E-state index in [2.05, 4.69) is 25.4 Å². The Morgan fingerprint density at radius 2 is 2.09 bits per heavy atom. The number of nitrogens with zero attached hydrogens (tertiary/aromatic N) is 5. The molecular formula is C22H25N7O3. The highest BCUT2D eigenvalue weighted by atomic mass is 16.5. The number of rotatable bonds is 7. The van der Waals surface area contributed by atoms with Gasteiger partial charge in [0.1, 0.15) is 11.5 Å². The zero-order valence-corrected chi connectivity index (χ0v) is 17.6. The Kier molecular flexibility index (Phi) is 5.95. The minimum absolute atomic E-state index is 0.244. The Balaban J connectivity index is 1.28. The summed E-state index contributed by atoms with van der Waals surface area (Å²) >= 11 is 0. The molecule has 2 N–H and O–H groups in total. The van der Waals surface area contributed by atoms with Crippen molar-refractivity contribution in [1.29, 1.82) is 0 Å². The monoisotopic (exact) mass is 435 g/mol. The fourth-order valence-corrected chi connectivity index (χ4v) is 3.87. The third-order valence-corrected chi connectivity index (χ3v) is 5.60. The Labute approximate surface area is 185 Å². The van der Waals surface area contributed by atoms with E-state index in [4.69, 9.17) is 14.3 Å². The van der Waals surface area contributed by atoms with Crippen LogP contribution in [0.4, 0.5) is 0 Å². The first kappa shape index (κ1) is 20.4. The summed E-state index contributed by atoms with van der Waals surface area (Å²) in [7, 11) is 0. The van der Waals surface area contributed by atoms with Gasteiger partial charge in [-0.1, -0.05) is 6.07 Å². The number of amides is 1. The van der Waals surface area contributed by atoms with Crippen LogP contribution in [0.2, 0.25) is 0 Å². The lowest BCUT2D eigenvalue weighted by Gasteiger charge is -2.28. The number of aromatic nitrogens is 3. The first-order valence-corrected chi connectivity index (χ1v) is 10.7. The first-order chi connectivity index (χ1) is 15.8. The average molecular weight is 435 g/mol. The lowest BCUT2D eigenvalue weighted by atomic mass is 10.1. The van der Waals surface area contributed by atoms with Crippen LogP contribution in [0.1, 0.15) is 16.2 Å². The van der Waals surface area contributed by atoms with Crippen molar-refractivity contribution in [1.82, 2.24) is 30.4 Å². The fraction of sp³-hybridized carbons (Fsp3) is 0.364. The predicted molar refractivity (Wildman–Crippen MR) is 117 cm³/mol. The third-order valence-electron chi connectivity index (χ3n) is 5.60. The van der Waals surface area contributed by atoms with Gasteiger partial charge in [0.2, 0.25) is 0 Å². The van der Waals surface area contributed by atoms with Gasteiger partial charge in [-0.15, -0.1) is 0 Å². The van der Waals surface area contributed by atoms with Crippen LogP contribution in [-0.2, 0) is 4.74 Å². The summed E-state index contributed by atoms with van der Waals surface area (Å²) in [6, 6.07) is 8.84. The van der Waals surface area contributed by atoms with Crippen LogP contribution in [0.15, 0.2) is 58.4 Å². The van der Waals surface area contributed by atoms with Crippen molar-refractivity contribution in [3.8, 4) is 11.3 Å². The van der Waals surface area contributed by atoms with Crippen LogP contribution in [0, 0.1) is 0 Å². The molecule has 1 saturated heterocycles. The van der Waals surface area contributed by atoms with Crippen LogP contribution in [0.5, 0.6) is 0 Å². The van der Waals surface area contributed by atoms with Crippen LogP contribution in [-0.4, -0.2) is 88.7 Å². The van der Waals surface area contributed by atoms with Gasteiger partial charge in [-0.2, -0.15) is 10.2 Å². The average Bonchev–Trinajstić information content (AvgIpc) is 3.60. The van der Waals surface area contributed by atoms with Gasteiger partial charge in [0, 0.05) is 38.6 Å². The number of aromatic amines is 1. The van der Waals surface area contributed by atoms with Gasteiger partial charge in [0.25, 0.3) is 5.91 Å². The van der Waals surface area contributed by atoms with Gasteiger partial charge in [0.15, 0.2) is 5.76 Å². The van der Waals surface area contributed by atoms with Crippen molar-refractivity contribution >= 4 is 11.6 Å². The molecule has 5 rings (SSSR count). The number of hydrogen-bond acceptors (Lipinski definition) is 8. The molecule has 3 aromatic heterocycles. The van der Waals surface area contributed by atoms with E-state index in [1.54, 1.807) is 30.7 Å². The highest BCUT2D eigenvalue weighted by Gasteiger charge is 2.31. The second kappa shape index (κ2) is 9.33. The van der Waals surface area contributed by atoms with Crippen molar-refractivity contribution in [2.45, 2.75) is 6.04 Å². The molecule has 1 atom stereocenters. The Bertz CT molecular complexity index is 1060. The van der Waals surface area contributed by atoms with Crippen molar-refractivity contribution in [2.24, 2.45) is 5.10 Å². The number of furan rings is 1. The Hall–Kier alpha value is -3.50. The molecule has 2 aliphatic rings. The van der Waals surface area contributed by atoms with Gasteiger partial charge in [-0.25, -0.2) is 0 Å². The Morgan fingerprint density at radius 3 is 2.88 bits per heavy atom. The van der Waals surface area contributed by atoms with Crippen molar-refractivity contribution in [2.75, 3.05) is 45.9 Å². The molecule has 5 heterocycles. The maximum Gasteiger partial charge on any atom is 0.287 e. The minimum atomic E-state index is -0.289. The van der Waals surface area contributed by atoms with E-state index < -0.39 is 0 Å². The smallest absolute Gasteiger partial charge is 0.287 e. The topological polar surface area (TPSA) is 112 Å². The largest absolute Gasteiger partial charge is 0.451 e. The van der Waals surface area contributed by atoms with E-state index in [9.17, 15) is 4.79 Å². The first-order valence-electron chi connectivity index (χ1n) is 10.7. The lowest BCUT2D eigenvalue weighted by molar-refractivity contribution is 0.0338. The molecule has 10 heteroatoms. The number of nitrogens with one attached hydrogen (secondary N) is 2. The number of carbonyl (C=O) groups excluding carboxylic acids is 1. The van der Waals surface area contributed by atoms with Gasteiger partial charge in [-0.05, 0) is 24.3 Å². The molecule has 32 heavy (non-hydrogen) atoms. The van der Waals surface area contributed by atoms with Gasteiger partial charge < -0.3 is 14.5 Å². The minimum Gasteiger partial charge on any atom is -0.451 e. The molecule has 0 bridgehead atoms. The molecule has 0 spiro atoms. The molecule has 3 aromatic rings. The second-order valence-electron chi connectivity index (χ2n) is 7.74. The summed E-state index contributed by atoms with van der Waals surface area (Å²) in [5.41, 5.74) is 2.29. The maximum absolute atomic E-state index is 12.9. The lowest BCUT2D eigenvalue weighted by Crippen LogP contribution is -2.44. The van der Waals surface area contributed by atoms with Gasteiger partial charge in [-0.3, -0.25) is 24.8 Å². The quantitative estimate of drug-likeness (QED) is 0.574. The molecule has 1 unspecified atom stereocenters. The number of H-pyrrole nitrogens is 1. The SMILES string of the molecule is O=C(NC1CN(CCN2CCOCC2)N=C1c1ccccn1)c1ccc(-c2cn[nH]c2)o1. The standard InChI is InChI=1S/C22H25N7O3/c30-22(20-5-4-19(32-20)16-13-24-25-14-16)26-18-15-29(8-7-28-9-11-31-12-10-28)27-21(18)17-3-1-2-6-23-17/h1-6,13-14,18H,7-12,15H2,(H,24,25)(H,26,30). The highest BCUT2D eigenvalue weighted by molar-refractivity contribution is 6.06. The van der Waals surface area contributed by atoms with E-state index in [1.807, 2.05) is 23.2 Å². The molecule has 10 nitrogen and oxygen atoms in total. The number of pyridine rings is 1. The van der Waals surface area contributed by atoms with E-state index in [-0.39, 0.29) is 17.7 Å². The molecule has 166 valence electrons. The summed E-state index contributed by atoms with van der Waals surface area (Å²) in [6.45, 7) is 5.65. The summed E-state index contributed by atoms with van der Waals surface area (Å²) in [5, 5.41) is 16.5. The second-order valence-corrected chi connectivity index (χ2v) is 7.74. The molecule has 0 radical (unpaired) electrons. The molecule has 2 aliphatic heterocycles. The van der Waals surface area contributed by atoms with Crippen LogP contribution >= 0.6 is 0 Å². The zero-order chi connectivity index (χ0) is 21.8. The van der Waals surface area contributed by atoms with E-state index in [0.29, 0.717) is 12.3 Å². The number of hydrazone groups is 1. The summed E-state index contributed by atoms with van der Waals surface area (Å²) in [6.07, 6.45) is 5.10.